The third-order valence-corrected chi connectivity index (χ3v) is 3.88. The number of hydrogen-bond donors (Lipinski definition) is 3. The Morgan fingerprint density at radius 1 is 1.50 bits per heavy atom. The number of aliphatic hydroxyl groups excluding tert-OH is 2. The monoisotopic (exact) mass is 279 g/mol. The van der Waals surface area contributed by atoms with Gasteiger partial charge in [-0.2, -0.15) is 4.98 Å². The Hall–Kier alpha value is -1.81. The standard InChI is InChI=1S/C11H13N5O4/c12-10-13-1-5-8(15-10)16(4-14-5)9-6-7(18)11(2-17,20-9)3-19-6/h1,4,6-7,9,17-18H,2-3H2,(H2,12,13,15)/t6?,7?,9-,11+/m1/s1. The highest BCUT2D eigenvalue weighted by molar-refractivity contribution is 5.70. The molecule has 9 heteroatoms. The molecule has 2 saturated heterocycles. The molecule has 2 unspecified atom stereocenters. The number of aliphatic hydroxyl groups is 2. The number of imidazole rings is 1. The highest BCUT2D eigenvalue weighted by Crippen LogP contribution is 2.45. The Bertz CT molecular complexity index is 676. The molecule has 20 heavy (non-hydrogen) atoms. The Morgan fingerprint density at radius 2 is 2.35 bits per heavy atom. The van der Waals surface area contributed by atoms with Crippen LogP contribution in [0.5, 0.6) is 0 Å². The first-order chi connectivity index (χ1) is 9.64. The van der Waals surface area contributed by atoms with Gasteiger partial charge in [-0.1, -0.05) is 0 Å². The first-order valence-electron chi connectivity index (χ1n) is 6.18. The van der Waals surface area contributed by atoms with Gasteiger partial charge in [0.05, 0.1) is 25.7 Å². The maximum absolute atomic E-state index is 10.2. The first-order valence-corrected chi connectivity index (χ1v) is 6.18. The summed E-state index contributed by atoms with van der Waals surface area (Å²) in [5.41, 5.74) is 5.57. The van der Waals surface area contributed by atoms with E-state index in [2.05, 4.69) is 15.0 Å². The number of hydrogen-bond acceptors (Lipinski definition) is 8. The van der Waals surface area contributed by atoms with Crippen molar-refractivity contribution in [3.05, 3.63) is 12.5 Å². The number of anilines is 1. The fourth-order valence-corrected chi connectivity index (χ4v) is 2.78. The van der Waals surface area contributed by atoms with Crippen LogP contribution in [-0.4, -0.2) is 60.8 Å². The van der Waals surface area contributed by atoms with E-state index in [1.54, 1.807) is 4.57 Å². The normalized spacial score (nSPS) is 36.0. The van der Waals surface area contributed by atoms with Crippen LogP contribution < -0.4 is 5.73 Å². The van der Waals surface area contributed by atoms with Gasteiger partial charge in [-0.05, 0) is 0 Å². The van der Waals surface area contributed by atoms with Crippen LogP contribution >= 0.6 is 0 Å². The van der Waals surface area contributed by atoms with Gasteiger partial charge in [0.2, 0.25) is 5.95 Å². The minimum Gasteiger partial charge on any atom is -0.393 e. The molecule has 0 aromatic carbocycles. The number of nitrogen functional groups attached to an aromatic ring is 1. The van der Waals surface area contributed by atoms with Crippen LogP contribution in [0.1, 0.15) is 6.23 Å². The second-order valence-corrected chi connectivity index (χ2v) is 5.04. The van der Waals surface area contributed by atoms with E-state index in [1.165, 1.54) is 12.5 Å². The highest BCUT2D eigenvalue weighted by atomic mass is 16.7. The van der Waals surface area contributed by atoms with E-state index in [9.17, 15) is 10.2 Å². The fourth-order valence-electron chi connectivity index (χ4n) is 2.78. The Kier molecular flexibility index (Phi) is 2.31. The molecule has 4 heterocycles. The molecule has 0 aliphatic carbocycles. The highest BCUT2D eigenvalue weighted by Gasteiger charge is 2.61. The molecule has 0 amide bonds. The predicted octanol–water partition coefficient (Wildman–Crippen LogP) is -1.57. The molecule has 2 fully saturated rings. The summed E-state index contributed by atoms with van der Waals surface area (Å²) in [5.74, 6) is 0.126. The van der Waals surface area contributed by atoms with E-state index in [1.807, 2.05) is 0 Å². The minimum atomic E-state index is -1.08. The quantitative estimate of drug-likeness (QED) is 0.601. The van der Waals surface area contributed by atoms with Crippen molar-refractivity contribution in [2.45, 2.75) is 24.0 Å². The second kappa shape index (κ2) is 3.85. The lowest BCUT2D eigenvalue weighted by atomic mass is 10.0. The van der Waals surface area contributed by atoms with Crippen molar-refractivity contribution in [1.29, 1.82) is 0 Å². The Labute approximate surface area is 113 Å². The average molecular weight is 279 g/mol. The van der Waals surface area contributed by atoms with Crippen LogP contribution in [0.2, 0.25) is 0 Å². The number of rotatable bonds is 2. The van der Waals surface area contributed by atoms with Crippen LogP contribution in [0.3, 0.4) is 0 Å². The molecule has 4 N–H and O–H groups in total. The number of nitrogens with two attached hydrogens (primary N) is 1. The number of nitrogens with zero attached hydrogens (tertiary/aromatic N) is 4. The van der Waals surface area contributed by atoms with Crippen molar-refractivity contribution in [1.82, 2.24) is 19.5 Å². The average Bonchev–Trinajstić information content (AvgIpc) is 3.09. The van der Waals surface area contributed by atoms with Gasteiger partial charge in [-0.25, -0.2) is 9.97 Å². The van der Waals surface area contributed by atoms with Crippen LogP contribution in [0.4, 0.5) is 5.95 Å². The summed E-state index contributed by atoms with van der Waals surface area (Å²) in [6.45, 7) is -0.152. The zero-order valence-corrected chi connectivity index (χ0v) is 10.4. The summed E-state index contributed by atoms with van der Waals surface area (Å²) < 4.78 is 13.0. The predicted molar refractivity (Wildman–Crippen MR) is 65.4 cm³/mol. The summed E-state index contributed by atoms with van der Waals surface area (Å²) in [4.78, 5) is 12.2. The van der Waals surface area contributed by atoms with Gasteiger partial charge in [-0.3, -0.25) is 4.57 Å². The van der Waals surface area contributed by atoms with E-state index in [-0.39, 0.29) is 19.2 Å². The number of fused-ring (bicyclic) bond motifs is 3. The Balaban J connectivity index is 1.80. The lowest BCUT2D eigenvalue weighted by Gasteiger charge is -2.29. The molecule has 2 aliphatic heterocycles. The molecule has 0 saturated carbocycles. The zero-order chi connectivity index (χ0) is 13.9. The van der Waals surface area contributed by atoms with Gasteiger partial charge in [0.15, 0.2) is 11.9 Å². The lowest BCUT2D eigenvalue weighted by molar-refractivity contribution is -0.185. The maximum Gasteiger partial charge on any atom is 0.222 e. The van der Waals surface area contributed by atoms with Crippen molar-refractivity contribution >= 4 is 17.1 Å². The second-order valence-electron chi connectivity index (χ2n) is 5.04. The van der Waals surface area contributed by atoms with Gasteiger partial charge in [-0.15, -0.1) is 0 Å². The van der Waals surface area contributed by atoms with Crippen molar-refractivity contribution in [3.63, 3.8) is 0 Å². The molecule has 2 bridgehead atoms. The summed E-state index contributed by atoms with van der Waals surface area (Å²) in [5, 5.41) is 19.6. The third-order valence-electron chi connectivity index (χ3n) is 3.88. The third kappa shape index (κ3) is 1.37. The molecule has 9 nitrogen and oxygen atoms in total. The zero-order valence-electron chi connectivity index (χ0n) is 10.4. The molecule has 4 rings (SSSR count). The van der Waals surface area contributed by atoms with E-state index in [4.69, 9.17) is 15.2 Å². The number of aromatic nitrogens is 4. The number of ether oxygens (including phenoxy) is 2. The summed E-state index contributed by atoms with van der Waals surface area (Å²) >= 11 is 0. The molecule has 0 radical (unpaired) electrons. The van der Waals surface area contributed by atoms with E-state index < -0.39 is 24.0 Å². The van der Waals surface area contributed by atoms with Gasteiger partial charge in [0, 0.05) is 0 Å². The van der Waals surface area contributed by atoms with Gasteiger partial charge >= 0.3 is 0 Å². The Morgan fingerprint density at radius 3 is 3.10 bits per heavy atom. The van der Waals surface area contributed by atoms with Crippen LogP contribution in [0.25, 0.3) is 11.2 Å². The topological polar surface area (TPSA) is 129 Å². The molecule has 0 spiro atoms. The van der Waals surface area contributed by atoms with Crippen LogP contribution in [0.15, 0.2) is 12.5 Å². The SMILES string of the molecule is Nc1ncc2ncn([C@@H]3O[C@@]4(CO)COC3C4O)c2n1. The van der Waals surface area contributed by atoms with Crippen molar-refractivity contribution < 1.29 is 19.7 Å². The summed E-state index contributed by atoms with van der Waals surface area (Å²) in [6.07, 6.45) is 0.973. The molecule has 4 atom stereocenters. The van der Waals surface area contributed by atoms with Crippen molar-refractivity contribution in [2.24, 2.45) is 0 Å². The molecular formula is C11H13N5O4. The molecular weight excluding hydrogens is 266 g/mol. The van der Waals surface area contributed by atoms with E-state index >= 15 is 0 Å². The van der Waals surface area contributed by atoms with Gasteiger partial charge < -0.3 is 25.4 Å². The maximum atomic E-state index is 10.2. The summed E-state index contributed by atoms with van der Waals surface area (Å²) in [6, 6.07) is 0. The van der Waals surface area contributed by atoms with Crippen molar-refractivity contribution in [3.8, 4) is 0 Å². The van der Waals surface area contributed by atoms with Gasteiger partial charge in [0.1, 0.15) is 23.3 Å². The lowest BCUT2D eigenvalue weighted by Crippen LogP contribution is -2.44. The van der Waals surface area contributed by atoms with E-state index in [0.717, 1.165) is 0 Å². The van der Waals surface area contributed by atoms with Crippen LogP contribution in [-0.2, 0) is 9.47 Å². The largest absolute Gasteiger partial charge is 0.393 e. The summed E-state index contributed by atoms with van der Waals surface area (Å²) in [7, 11) is 0. The molecule has 106 valence electrons. The molecule has 2 aromatic heterocycles. The fraction of sp³-hybridized carbons (Fsp3) is 0.545. The van der Waals surface area contributed by atoms with Crippen LogP contribution in [0, 0.1) is 0 Å². The smallest absolute Gasteiger partial charge is 0.222 e. The van der Waals surface area contributed by atoms with Crippen molar-refractivity contribution in [2.75, 3.05) is 18.9 Å². The minimum absolute atomic E-state index is 0.126. The van der Waals surface area contributed by atoms with E-state index in [0.29, 0.717) is 11.2 Å². The first kappa shape index (κ1) is 12.0. The van der Waals surface area contributed by atoms with Gasteiger partial charge in [0.25, 0.3) is 0 Å². The molecule has 2 aliphatic rings. The molecule has 2 aromatic rings.